The molecule has 2 aromatic heterocycles. The number of carbonyl (C=O) groups excluding carboxylic acids is 2. The molecule has 39 heavy (non-hydrogen) atoms. The molecule has 15 heteroatoms. The highest BCUT2D eigenvalue weighted by atomic mass is 19.1. The number of ether oxygens (including phenoxy) is 2. The van der Waals surface area contributed by atoms with Gasteiger partial charge in [-0.2, -0.15) is 4.98 Å². The zero-order chi connectivity index (χ0) is 27.9. The smallest absolute Gasteiger partial charge is 0.414 e. The second-order valence-electron chi connectivity index (χ2n) is 9.43. The number of hydrogen-bond acceptors (Lipinski definition) is 10. The highest BCUT2D eigenvalue weighted by molar-refractivity contribution is 5.88. The third kappa shape index (κ3) is 7.37. The van der Waals surface area contributed by atoms with Crippen molar-refractivity contribution in [1.82, 2.24) is 35.1 Å². The molecule has 2 aliphatic heterocycles. The van der Waals surface area contributed by atoms with Crippen LogP contribution < -0.4 is 25.0 Å². The molecule has 0 bridgehead atoms. The number of halogens is 2. The first kappa shape index (κ1) is 28.1. The second-order valence-corrected chi connectivity index (χ2v) is 9.43. The summed E-state index contributed by atoms with van der Waals surface area (Å²) < 4.78 is 39.7. The van der Waals surface area contributed by atoms with Crippen LogP contribution in [0.15, 0.2) is 24.7 Å². The number of hydrogen-bond donors (Lipinski definition) is 2. The highest BCUT2D eigenvalue weighted by Gasteiger charge is 2.36. The van der Waals surface area contributed by atoms with Crippen molar-refractivity contribution in [2.45, 2.75) is 44.2 Å². The number of amides is 3. The van der Waals surface area contributed by atoms with E-state index in [4.69, 9.17) is 9.47 Å². The van der Waals surface area contributed by atoms with Gasteiger partial charge in [0.15, 0.2) is 5.82 Å². The molecule has 2 aromatic rings. The topological polar surface area (TPSA) is 138 Å². The van der Waals surface area contributed by atoms with Crippen molar-refractivity contribution in [3.8, 4) is 11.8 Å². The van der Waals surface area contributed by atoms with Crippen molar-refractivity contribution in [3.63, 3.8) is 0 Å². The Bertz CT molecular complexity index is 1130. The lowest BCUT2D eigenvalue weighted by molar-refractivity contribution is 0.117. The molecule has 0 aliphatic carbocycles. The molecular formula is C24H33F2N9O4. The number of piperidine rings is 2. The molecular weight excluding hydrogens is 516 g/mol. The number of aromatic nitrogens is 4. The van der Waals surface area contributed by atoms with Crippen LogP contribution in [-0.2, 0) is 0 Å². The Morgan fingerprint density at radius 1 is 1.10 bits per heavy atom. The SMILES string of the molecule is CCOc1cnc(NC(=O)N(C)[C@H]2CN(c3nccc(OC(=O)N[C@H]4CCN(C)C[C@H]4F)n3)CC[C@H]2F)cn1. The van der Waals surface area contributed by atoms with E-state index in [9.17, 15) is 18.4 Å². The minimum atomic E-state index is -1.28. The summed E-state index contributed by atoms with van der Waals surface area (Å²) in [7, 11) is 3.31. The van der Waals surface area contributed by atoms with Crippen LogP contribution >= 0.6 is 0 Å². The first-order chi connectivity index (χ1) is 18.7. The van der Waals surface area contributed by atoms with Crippen LogP contribution in [0, 0.1) is 0 Å². The van der Waals surface area contributed by atoms with Crippen LogP contribution in [0.1, 0.15) is 19.8 Å². The minimum Gasteiger partial charge on any atom is -0.477 e. The third-order valence-electron chi connectivity index (χ3n) is 6.62. The van der Waals surface area contributed by atoms with E-state index in [-0.39, 0.29) is 37.2 Å². The summed E-state index contributed by atoms with van der Waals surface area (Å²) in [5.74, 6) is 0.711. The lowest BCUT2D eigenvalue weighted by Crippen LogP contribution is -2.55. The molecule has 13 nitrogen and oxygen atoms in total. The van der Waals surface area contributed by atoms with Crippen LogP contribution in [0.2, 0.25) is 0 Å². The van der Waals surface area contributed by atoms with E-state index >= 15 is 0 Å². The molecule has 4 rings (SSSR count). The molecule has 2 aliphatic rings. The maximum atomic E-state index is 14.9. The van der Waals surface area contributed by atoms with Gasteiger partial charge in [0.05, 0.1) is 31.1 Å². The second kappa shape index (κ2) is 12.8. The Kier molecular flexibility index (Phi) is 9.22. The number of likely N-dealkylation sites (N-methyl/N-ethyl adjacent to an activating group) is 1. The molecule has 4 heterocycles. The minimum absolute atomic E-state index is 0.0278. The molecule has 0 saturated carbocycles. The molecule has 0 unspecified atom stereocenters. The molecule has 2 fully saturated rings. The van der Waals surface area contributed by atoms with Gasteiger partial charge >= 0.3 is 12.1 Å². The number of urea groups is 1. The van der Waals surface area contributed by atoms with Gasteiger partial charge in [0.2, 0.25) is 17.7 Å². The number of anilines is 2. The molecule has 0 aromatic carbocycles. The fourth-order valence-electron chi connectivity index (χ4n) is 4.44. The summed E-state index contributed by atoms with van der Waals surface area (Å²) in [6.45, 7) is 3.55. The van der Waals surface area contributed by atoms with Gasteiger partial charge in [0.25, 0.3) is 0 Å². The Hall–Kier alpha value is -3.88. The van der Waals surface area contributed by atoms with Crippen LogP contribution in [-0.4, -0.2) is 113 Å². The van der Waals surface area contributed by atoms with Crippen molar-refractivity contribution < 1.29 is 27.8 Å². The zero-order valence-electron chi connectivity index (χ0n) is 22.1. The van der Waals surface area contributed by atoms with Crippen LogP contribution in [0.5, 0.6) is 11.8 Å². The van der Waals surface area contributed by atoms with Gasteiger partial charge in [-0.25, -0.2) is 33.3 Å². The van der Waals surface area contributed by atoms with Crippen LogP contribution in [0.25, 0.3) is 0 Å². The molecule has 3 amide bonds. The summed E-state index contributed by atoms with van der Waals surface area (Å²) in [5, 5.41) is 5.15. The van der Waals surface area contributed by atoms with Gasteiger partial charge in [0.1, 0.15) is 12.3 Å². The Labute approximate surface area is 224 Å². The summed E-state index contributed by atoms with van der Waals surface area (Å²) >= 11 is 0. The molecule has 212 valence electrons. The fourth-order valence-corrected chi connectivity index (χ4v) is 4.44. The molecule has 0 radical (unpaired) electrons. The fraction of sp³-hybridized carbons (Fsp3) is 0.583. The van der Waals surface area contributed by atoms with Gasteiger partial charge in [-0.05, 0) is 26.8 Å². The van der Waals surface area contributed by atoms with Gasteiger partial charge in [-0.1, -0.05) is 0 Å². The van der Waals surface area contributed by atoms with Crippen molar-refractivity contribution in [2.75, 3.05) is 57.1 Å². The molecule has 2 saturated heterocycles. The summed E-state index contributed by atoms with van der Waals surface area (Å²) in [5.41, 5.74) is 0. The van der Waals surface area contributed by atoms with E-state index in [0.29, 0.717) is 32.0 Å². The third-order valence-corrected chi connectivity index (χ3v) is 6.62. The molecule has 0 spiro atoms. The standard InChI is InChI=1S/C24H33F2N9O4/c1-4-38-21-12-28-19(11-29-21)31-23(36)34(3)18-14-35(10-6-15(18)25)22-27-8-5-20(32-22)39-24(37)30-17-7-9-33(2)13-16(17)26/h5,8,11-12,15-18H,4,6-7,9-10,13-14H2,1-3H3,(H,30,37)(H,28,31,36)/t15-,16-,17+,18+/m1/s1. The predicted molar refractivity (Wildman–Crippen MR) is 137 cm³/mol. The average Bonchev–Trinajstić information content (AvgIpc) is 2.91. The van der Waals surface area contributed by atoms with E-state index in [1.807, 2.05) is 18.9 Å². The van der Waals surface area contributed by atoms with E-state index in [0.717, 1.165) is 0 Å². The Balaban J connectivity index is 1.35. The summed E-state index contributed by atoms with van der Waals surface area (Å²) in [6, 6.07) is -0.606. The molecule has 2 N–H and O–H groups in total. The van der Waals surface area contributed by atoms with Gasteiger partial charge < -0.3 is 29.5 Å². The van der Waals surface area contributed by atoms with Crippen LogP contribution in [0.3, 0.4) is 0 Å². The zero-order valence-corrected chi connectivity index (χ0v) is 22.1. The first-order valence-electron chi connectivity index (χ1n) is 12.7. The number of alkyl halides is 2. The summed E-state index contributed by atoms with van der Waals surface area (Å²) in [6.07, 6.45) is 1.45. The maximum Gasteiger partial charge on any atom is 0.414 e. The maximum absolute atomic E-state index is 14.9. The Morgan fingerprint density at radius 2 is 1.92 bits per heavy atom. The quantitative estimate of drug-likeness (QED) is 0.527. The van der Waals surface area contributed by atoms with E-state index < -0.39 is 36.6 Å². The van der Waals surface area contributed by atoms with E-state index in [2.05, 4.69) is 30.6 Å². The highest BCUT2D eigenvalue weighted by Crippen LogP contribution is 2.24. The van der Waals surface area contributed by atoms with Gasteiger partial charge in [-0.15, -0.1) is 0 Å². The van der Waals surface area contributed by atoms with Crippen molar-refractivity contribution >= 4 is 23.9 Å². The average molecular weight is 550 g/mol. The largest absolute Gasteiger partial charge is 0.477 e. The van der Waals surface area contributed by atoms with Gasteiger partial charge in [-0.3, -0.25) is 5.32 Å². The lowest BCUT2D eigenvalue weighted by Gasteiger charge is -2.39. The number of nitrogens with one attached hydrogen (secondary N) is 2. The van der Waals surface area contributed by atoms with Crippen molar-refractivity contribution in [1.29, 1.82) is 0 Å². The van der Waals surface area contributed by atoms with Crippen molar-refractivity contribution in [2.24, 2.45) is 0 Å². The van der Waals surface area contributed by atoms with Crippen LogP contribution in [0.4, 0.5) is 30.1 Å². The summed E-state index contributed by atoms with van der Waals surface area (Å²) in [4.78, 5) is 46.6. The monoisotopic (exact) mass is 549 g/mol. The number of rotatable bonds is 7. The lowest BCUT2D eigenvalue weighted by atomic mass is 10.0. The number of carbonyl (C=O) groups is 2. The molecule has 4 atom stereocenters. The predicted octanol–water partition coefficient (Wildman–Crippen LogP) is 1.88. The number of likely N-dealkylation sites (tertiary alicyclic amines) is 1. The Morgan fingerprint density at radius 3 is 2.64 bits per heavy atom. The normalized spacial score (nSPS) is 23.6. The van der Waals surface area contributed by atoms with E-state index in [1.54, 1.807) is 4.90 Å². The van der Waals surface area contributed by atoms with Crippen molar-refractivity contribution in [3.05, 3.63) is 24.7 Å². The number of nitrogens with zero attached hydrogens (tertiary/aromatic N) is 7. The van der Waals surface area contributed by atoms with Gasteiger partial charge in [0, 0.05) is 45.5 Å². The van der Waals surface area contributed by atoms with E-state index in [1.165, 1.54) is 36.6 Å². The first-order valence-corrected chi connectivity index (χ1v) is 12.7.